The summed E-state index contributed by atoms with van der Waals surface area (Å²) in [6.07, 6.45) is 4.81. The lowest BCUT2D eigenvalue weighted by molar-refractivity contribution is -0.0885. The molecule has 2 atom stereocenters. The molecule has 1 aliphatic heterocycles. The van der Waals surface area contributed by atoms with E-state index in [1.54, 1.807) is 7.11 Å². The van der Waals surface area contributed by atoms with Gasteiger partial charge in [-0.2, -0.15) is 0 Å². The van der Waals surface area contributed by atoms with Crippen molar-refractivity contribution in [3.8, 4) is 16.3 Å². The predicted molar refractivity (Wildman–Crippen MR) is 106 cm³/mol. The lowest BCUT2D eigenvalue weighted by atomic mass is 9.71. The maximum Gasteiger partial charge on any atom is 0.265 e. The first kappa shape index (κ1) is 18.4. The largest absolute Gasteiger partial charge is 0.497 e. The number of hydrogen-bond donors (Lipinski definition) is 1. The van der Waals surface area contributed by atoms with Gasteiger partial charge in [-0.15, -0.1) is 11.3 Å². The Balaban J connectivity index is 1.55. The third-order valence-corrected chi connectivity index (χ3v) is 7.22. The van der Waals surface area contributed by atoms with Crippen LogP contribution in [0.1, 0.15) is 47.5 Å². The van der Waals surface area contributed by atoms with Gasteiger partial charge in [-0.3, -0.25) is 4.79 Å². The first-order chi connectivity index (χ1) is 13.0. The van der Waals surface area contributed by atoms with Gasteiger partial charge < -0.3 is 14.7 Å². The predicted octanol–water partition coefficient (Wildman–Crippen LogP) is 3.89. The number of methoxy groups -OCH3 is 1. The second-order valence-corrected chi connectivity index (χ2v) is 8.71. The van der Waals surface area contributed by atoms with Gasteiger partial charge in [0.15, 0.2) is 0 Å². The van der Waals surface area contributed by atoms with Crippen molar-refractivity contribution in [2.75, 3.05) is 20.2 Å². The van der Waals surface area contributed by atoms with Gasteiger partial charge in [0.25, 0.3) is 5.91 Å². The molecular formula is C21H26N2O3S. The van der Waals surface area contributed by atoms with E-state index >= 15 is 0 Å². The van der Waals surface area contributed by atoms with E-state index in [9.17, 15) is 9.90 Å². The molecule has 5 nitrogen and oxygen atoms in total. The van der Waals surface area contributed by atoms with E-state index < -0.39 is 5.60 Å². The summed E-state index contributed by atoms with van der Waals surface area (Å²) in [5, 5.41) is 11.7. The highest BCUT2D eigenvalue weighted by molar-refractivity contribution is 7.17. The van der Waals surface area contributed by atoms with Crippen LogP contribution in [0.5, 0.6) is 5.75 Å². The fourth-order valence-corrected chi connectivity index (χ4v) is 5.40. The third kappa shape index (κ3) is 3.48. The number of likely N-dealkylation sites (tertiary alicyclic amines) is 1. The Bertz CT molecular complexity index is 850. The van der Waals surface area contributed by atoms with Gasteiger partial charge in [0.2, 0.25) is 0 Å². The molecule has 2 heterocycles. The normalized spacial score (nSPS) is 25.1. The number of hydrogen-bond acceptors (Lipinski definition) is 5. The molecule has 144 valence electrons. The highest BCUT2D eigenvalue weighted by Gasteiger charge is 2.44. The van der Waals surface area contributed by atoms with Crippen LogP contribution in [0.3, 0.4) is 0 Å². The highest BCUT2D eigenvalue weighted by Crippen LogP contribution is 2.40. The van der Waals surface area contributed by atoms with E-state index in [-0.39, 0.29) is 11.8 Å². The van der Waals surface area contributed by atoms with Crippen LogP contribution in [0, 0.1) is 12.8 Å². The average Bonchev–Trinajstić information content (AvgIpc) is 3.08. The Morgan fingerprint density at radius 3 is 3.04 bits per heavy atom. The molecule has 6 heteroatoms. The number of carbonyl (C=O) groups excluding carboxylic acids is 1. The molecule has 0 radical (unpaired) electrons. The molecule has 0 bridgehead atoms. The summed E-state index contributed by atoms with van der Waals surface area (Å²) in [6, 6.07) is 7.75. The molecule has 1 N–H and O–H groups in total. The SMILES string of the molecule is COc1cccc(-c2nc(C)c(C(=O)N3CC[C@@]4(O)CCCC[C@H]4C3)s2)c1. The van der Waals surface area contributed by atoms with Crippen molar-refractivity contribution in [1.29, 1.82) is 0 Å². The monoisotopic (exact) mass is 386 g/mol. The van der Waals surface area contributed by atoms with Crippen LogP contribution in [0.2, 0.25) is 0 Å². The molecule has 1 saturated carbocycles. The number of ether oxygens (including phenoxy) is 1. The van der Waals surface area contributed by atoms with E-state index in [1.165, 1.54) is 11.3 Å². The second-order valence-electron chi connectivity index (χ2n) is 7.71. The lowest BCUT2D eigenvalue weighted by Gasteiger charge is -2.47. The minimum Gasteiger partial charge on any atom is -0.497 e. The standard InChI is InChI=1S/C21H26N2O3S/c1-14-18(27-19(22-14)15-6-5-8-17(12-15)26-2)20(24)23-11-10-21(25)9-4-3-7-16(21)13-23/h5-6,8,12,16,25H,3-4,7,9-11,13H2,1-2H3/t16-,21-/m0/s1. The van der Waals surface area contributed by atoms with E-state index in [4.69, 9.17) is 4.74 Å². The highest BCUT2D eigenvalue weighted by atomic mass is 32.1. The summed E-state index contributed by atoms with van der Waals surface area (Å²) in [5.41, 5.74) is 1.16. The molecule has 1 amide bonds. The van der Waals surface area contributed by atoms with Crippen molar-refractivity contribution >= 4 is 17.2 Å². The van der Waals surface area contributed by atoms with Gasteiger partial charge in [0.05, 0.1) is 18.4 Å². The summed E-state index contributed by atoms with van der Waals surface area (Å²) in [6.45, 7) is 3.17. The molecule has 1 aromatic carbocycles. The van der Waals surface area contributed by atoms with Gasteiger partial charge in [-0.25, -0.2) is 4.98 Å². The minimum atomic E-state index is -0.566. The number of nitrogens with zero attached hydrogens (tertiary/aromatic N) is 2. The molecule has 2 aromatic rings. The maximum atomic E-state index is 13.2. The minimum absolute atomic E-state index is 0.0479. The molecular weight excluding hydrogens is 360 g/mol. The van der Waals surface area contributed by atoms with Gasteiger partial charge >= 0.3 is 0 Å². The number of piperidine rings is 1. The smallest absolute Gasteiger partial charge is 0.265 e. The summed E-state index contributed by atoms with van der Waals surface area (Å²) in [5.74, 6) is 1.03. The van der Waals surface area contributed by atoms with Crippen molar-refractivity contribution in [3.63, 3.8) is 0 Å². The fraction of sp³-hybridized carbons (Fsp3) is 0.524. The van der Waals surface area contributed by atoms with E-state index in [0.29, 0.717) is 24.4 Å². The van der Waals surface area contributed by atoms with Gasteiger partial charge in [0, 0.05) is 24.6 Å². The van der Waals surface area contributed by atoms with Gasteiger partial charge in [-0.05, 0) is 38.3 Å². The Labute approximate surface area is 164 Å². The Morgan fingerprint density at radius 1 is 1.37 bits per heavy atom. The van der Waals surface area contributed by atoms with Crippen LogP contribution in [-0.2, 0) is 0 Å². The zero-order valence-electron chi connectivity index (χ0n) is 15.9. The molecule has 1 aromatic heterocycles. The van der Waals surface area contributed by atoms with E-state index in [0.717, 1.165) is 47.7 Å². The number of rotatable bonds is 3. The summed E-state index contributed by atoms with van der Waals surface area (Å²) >= 11 is 1.44. The summed E-state index contributed by atoms with van der Waals surface area (Å²) in [4.78, 5) is 20.4. The summed E-state index contributed by atoms with van der Waals surface area (Å²) in [7, 11) is 1.64. The lowest BCUT2D eigenvalue weighted by Crippen LogP contribution is -2.54. The van der Waals surface area contributed by atoms with Crippen molar-refractivity contribution in [2.45, 2.75) is 44.6 Å². The number of thiazole rings is 1. The first-order valence-corrected chi connectivity index (χ1v) is 10.5. The van der Waals surface area contributed by atoms with Crippen molar-refractivity contribution in [1.82, 2.24) is 9.88 Å². The fourth-order valence-electron chi connectivity index (χ4n) is 4.37. The quantitative estimate of drug-likeness (QED) is 0.869. The van der Waals surface area contributed by atoms with Crippen molar-refractivity contribution < 1.29 is 14.6 Å². The van der Waals surface area contributed by atoms with Crippen LogP contribution < -0.4 is 4.74 Å². The Kier molecular flexibility index (Phi) is 4.95. The molecule has 2 aliphatic rings. The number of carbonyl (C=O) groups is 1. The van der Waals surface area contributed by atoms with Crippen molar-refractivity contribution in [2.24, 2.45) is 5.92 Å². The van der Waals surface area contributed by atoms with Crippen molar-refractivity contribution in [3.05, 3.63) is 34.8 Å². The zero-order valence-corrected chi connectivity index (χ0v) is 16.7. The zero-order chi connectivity index (χ0) is 19.0. The van der Waals surface area contributed by atoms with Crippen LogP contribution in [0.25, 0.3) is 10.6 Å². The van der Waals surface area contributed by atoms with E-state index in [1.807, 2.05) is 36.1 Å². The molecule has 0 unspecified atom stereocenters. The summed E-state index contributed by atoms with van der Waals surface area (Å²) < 4.78 is 5.29. The number of fused-ring (bicyclic) bond motifs is 1. The number of aliphatic hydroxyl groups is 1. The second kappa shape index (κ2) is 7.24. The van der Waals surface area contributed by atoms with E-state index in [2.05, 4.69) is 4.98 Å². The molecule has 1 aliphatic carbocycles. The average molecular weight is 387 g/mol. The number of amides is 1. The third-order valence-electron chi connectivity index (χ3n) is 6.02. The number of aromatic nitrogens is 1. The molecule has 4 rings (SSSR count). The number of aryl methyl sites for hydroxylation is 1. The molecule has 2 fully saturated rings. The number of benzene rings is 1. The van der Waals surface area contributed by atoms with Crippen LogP contribution >= 0.6 is 11.3 Å². The van der Waals surface area contributed by atoms with Crippen LogP contribution in [-0.4, -0.2) is 46.7 Å². The van der Waals surface area contributed by atoms with Crippen LogP contribution in [0.4, 0.5) is 0 Å². The topological polar surface area (TPSA) is 62.7 Å². The molecule has 1 saturated heterocycles. The molecule has 0 spiro atoms. The first-order valence-electron chi connectivity index (χ1n) is 9.64. The van der Waals surface area contributed by atoms with Gasteiger partial charge in [-0.1, -0.05) is 25.0 Å². The Morgan fingerprint density at radius 2 is 2.22 bits per heavy atom. The Hall–Kier alpha value is -1.92. The van der Waals surface area contributed by atoms with Gasteiger partial charge in [0.1, 0.15) is 15.6 Å². The maximum absolute atomic E-state index is 13.2. The molecule has 27 heavy (non-hydrogen) atoms. The van der Waals surface area contributed by atoms with Crippen LogP contribution in [0.15, 0.2) is 24.3 Å².